The Hall–Kier alpha value is -0.750. The third-order valence-electron chi connectivity index (χ3n) is 1.99. The number of rotatable bonds is 1. The molecule has 10 heavy (non-hydrogen) atoms. The molecule has 2 atom stereocenters. The summed E-state index contributed by atoms with van der Waals surface area (Å²) in [6.45, 7) is 2.80. The van der Waals surface area contributed by atoms with Crippen LogP contribution in [0, 0.1) is 11.5 Å². The van der Waals surface area contributed by atoms with Crippen LogP contribution in [0.25, 0.3) is 0 Å². The highest BCUT2D eigenvalue weighted by Gasteiger charge is 2.27. The topological polar surface area (TPSA) is 36.3 Å². The molecule has 1 rings (SSSR count). The molecule has 3 nitrogen and oxygen atoms in total. The van der Waals surface area contributed by atoms with Gasteiger partial charge in [0.2, 0.25) is 0 Å². The van der Waals surface area contributed by atoms with Gasteiger partial charge in [0.05, 0.1) is 12.1 Å². The molecule has 1 fully saturated rings. The quantitative estimate of drug-likeness (QED) is 0.395. The Morgan fingerprint density at radius 2 is 2.40 bits per heavy atom. The number of hydrogen-bond donors (Lipinski definition) is 0. The highest BCUT2D eigenvalue weighted by Crippen LogP contribution is 2.16. The summed E-state index contributed by atoms with van der Waals surface area (Å²) in [6, 6.07) is 0.296. The van der Waals surface area contributed by atoms with Crippen molar-refractivity contribution in [2.45, 2.75) is 25.5 Å². The van der Waals surface area contributed by atoms with Crippen molar-refractivity contribution in [1.82, 2.24) is 4.90 Å². The number of nitriles is 1. The molecule has 0 radical (unpaired) electrons. The summed E-state index contributed by atoms with van der Waals surface area (Å²) in [5.41, 5.74) is 0. The molecule has 2 unspecified atom stereocenters. The first kappa shape index (κ1) is 7.36. The number of likely N-dealkylation sites (N-methyl/N-ethyl adjacent to an activating group) is 1. The highest BCUT2D eigenvalue weighted by molar-refractivity contribution is 4.86. The van der Waals surface area contributed by atoms with Gasteiger partial charge in [-0.2, -0.15) is 5.26 Å². The zero-order valence-corrected chi connectivity index (χ0v) is 6.37. The Balaban J connectivity index is 2.48. The number of ether oxygens (including phenoxy) is 1. The first-order valence-electron chi connectivity index (χ1n) is 3.50. The van der Waals surface area contributed by atoms with Crippen molar-refractivity contribution in [2.24, 2.45) is 0 Å². The summed E-state index contributed by atoms with van der Waals surface area (Å²) < 4.78 is 5.30. The largest absolute Gasteiger partial charge is 0.376 e. The van der Waals surface area contributed by atoms with Gasteiger partial charge in [-0.15, -0.1) is 0 Å². The molecule has 3 heteroatoms. The molecule has 1 saturated heterocycles. The highest BCUT2D eigenvalue weighted by atomic mass is 16.5. The minimum atomic E-state index is 0.213. The van der Waals surface area contributed by atoms with Gasteiger partial charge in [0, 0.05) is 13.7 Å². The van der Waals surface area contributed by atoms with Crippen molar-refractivity contribution in [3.05, 3.63) is 0 Å². The Morgan fingerprint density at radius 1 is 1.70 bits per heavy atom. The first-order valence-corrected chi connectivity index (χ1v) is 3.50. The van der Waals surface area contributed by atoms with E-state index in [4.69, 9.17) is 10.00 Å². The van der Waals surface area contributed by atoms with Crippen LogP contribution < -0.4 is 0 Å². The number of hydrogen-bond acceptors (Lipinski definition) is 3. The van der Waals surface area contributed by atoms with Crippen LogP contribution in [0.3, 0.4) is 0 Å². The van der Waals surface area contributed by atoms with Crippen LogP contribution >= 0.6 is 0 Å². The Bertz CT molecular complexity index is 152. The van der Waals surface area contributed by atoms with Crippen LogP contribution in [-0.2, 0) is 4.74 Å². The van der Waals surface area contributed by atoms with Gasteiger partial charge in [-0.25, -0.2) is 0 Å². The molecule has 1 aliphatic heterocycles. The maximum absolute atomic E-state index is 8.53. The third kappa shape index (κ3) is 1.22. The van der Waals surface area contributed by atoms with Gasteiger partial charge in [-0.05, 0) is 13.3 Å². The van der Waals surface area contributed by atoms with Gasteiger partial charge < -0.3 is 9.64 Å². The fourth-order valence-electron chi connectivity index (χ4n) is 1.30. The maximum Gasteiger partial charge on any atom is 0.179 e. The van der Waals surface area contributed by atoms with Crippen LogP contribution in [0.2, 0.25) is 0 Å². The molecule has 0 aromatic rings. The van der Waals surface area contributed by atoms with Gasteiger partial charge in [0.25, 0.3) is 0 Å². The van der Waals surface area contributed by atoms with E-state index >= 15 is 0 Å². The second-order valence-electron chi connectivity index (χ2n) is 2.64. The molecule has 0 aliphatic carbocycles. The Kier molecular flexibility index (Phi) is 2.13. The van der Waals surface area contributed by atoms with Crippen molar-refractivity contribution in [3.8, 4) is 6.19 Å². The van der Waals surface area contributed by atoms with E-state index in [1.165, 1.54) is 0 Å². The van der Waals surface area contributed by atoms with Crippen molar-refractivity contribution >= 4 is 0 Å². The van der Waals surface area contributed by atoms with Gasteiger partial charge >= 0.3 is 0 Å². The predicted octanol–water partition coefficient (Wildman–Crippen LogP) is 0.577. The summed E-state index contributed by atoms with van der Waals surface area (Å²) in [5.74, 6) is 0. The Labute approximate surface area is 61.2 Å². The van der Waals surface area contributed by atoms with Gasteiger partial charge in [-0.1, -0.05) is 0 Å². The summed E-state index contributed by atoms with van der Waals surface area (Å²) >= 11 is 0. The van der Waals surface area contributed by atoms with Gasteiger partial charge in [0.1, 0.15) is 0 Å². The smallest absolute Gasteiger partial charge is 0.179 e. The molecule has 0 saturated carbocycles. The molecule has 1 heterocycles. The fourth-order valence-corrected chi connectivity index (χ4v) is 1.30. The molecule has 0 aromatic heterocycles. The van der Waals surface area contributed by atoms with Crippen LogP contribution in [0.4, 0.5) is 0 Å². The molecular formula is C7H12N2O. The molecule has 1 aliphatic rings. The molecule has 56 valence electrons. The lowest BCUT2D eigenvalue weighted by Gasteiger charge is -2.20. The van der Waals surface area contributed by atoms with Crippen LogP contribution in [0.15, 0.2) is 0 Å². The second-order valence-corrected chi connectivity index (χ2v) is 2.64. The average molecular weight is 140 g/mol. The van der Waals surface area contributed by atoms with Gasteiger partial charge in [0.15, 0.2) is 6.19 Å². The van der Waals surface area contributed by atoms with E-state index in [9.17, 15) is 0 Å². The summed E-state index contributed by atoms with van der Waals surface area (Å²) in [6.07, 6.45) is 3.28. The third-order valence-corrected chi connectivity index (χ3v) is 1.99. The average Bonchev–Trinajstić information content (AvgIpc) is 2.34. The molecule has 0 bridgehead atoms. The zero-order valence-electron chi connectivity index (χ0n) is 6.37. The lowest BCUT2D eigenvalue weighted by molar-refractivity contribution is 0.0975. The van der Waals surface area contributed by atoms with E-state index < -0.39 is 0 Å². The molecular weight excluding hydrogens is 128 g/mol. The standard InChI is InChI=1S/C7H12N2O/c1-6-7(3-4-10-6)9(2)5-8/h6-7H,3-4H2,1-2H3. The van der Waals surface area contributed by atoms with E-state index in [1.54, 1.807) is 11.9 Å². The molecule has 0 N–H and O–H groups in total. The van der Waals surface area contributed by atoms with Crippen molar-refractivity contribution in [2.75, 3.05) is 13.7 Å². The SMILES string of the molecule is CC1OCCC1N(C)C#N. The minimum absolute atomic E-state index is 0.213. The fraction of sp³-hybridized carbons (Fsp3) is 0.857. The van der Waals surface area contributed by atoms with E-state index in [-0.39, 0.29) is 6.10 Å². The van der Waals surface area contributed by atoms with E-state index in [0.717, 1.165) is 13.0 Å². The number of nitrogens with zero attached hydrogens (tertiary/aromatic N) is 2. The lowest BCUT2D eigenvalue weighted by Crippen LogP contribution is -2.32. The van der Waals surface area contributed by atoms with E-state index in [0.29, 0.717) is 6.04 Å². The van der Waals surface area contributed by atoms with Crippen LogP contribution in [0.5, 0.6) is 0 Å². The Morgan fingerprint density at radius 3 is 2.80 bits per heavy atom. The minimum Gasteiger partial charge on any atom is -0.376 e. The second kappa shape index (κ2) is 2.89. The van der Waals surface area contributed by atoms with Crippen molar-refractivity contribution < 1.29 is 4.74 Å². The van der Waals surface area contributed by atoms with Crippen LogP contribution in [0.1, 0.15) is 13.3 Å². The summed E-state index contributed by atoms with van der Waals surface area (Å²) in [7, 11) is 1.80. The monoisotopic (exact) mass is 140 g/mol. The molecule has 0 spiro atoms. The predicted molar refractivity (Wildman–Crippen MR) is 37.2 cm³/mol. The summed E-state index contributed by atoms with van der Waals surface area (Å²) in [5, 5.41) is 8.53. The molecule has 0 amide bonds. The van der Waals surface area contributed by atoms with E-state index in [1.807, 2.05) is 6.92 Å². The molecule has 0 aromatic carbocycles. The summed E-state index contributed by atoms with van der Waals surface area (Å²) in [4.78, 5) is 1.66. The van der Waals surface area contributed by atoms with Crippen LogP contribution in [-0.4, -0.2) is 30.7 Å². The normalized spacial score (nSPS) is 31.7. The van der Waals surface area contributed by atoms with Crippen molar-refractivity contribution in [3.63, 3.8) is 0 Å². The first-order chi connectivity index (χ1) is 4.75. The zero-order chi connectivity index (χ0) is 7.56. The lowest BCUT2D eigenvalue weighted by atomic mass is 10.1. The van der Waals surface area contributed by atoms with Gasteiger partial charge in [-0.3, -0.25) is 0 Å². The van der Waals surface area contributed by atoms with Crippen molar-refractivity contribution in [1.29, 1.82) is 5.26 Å². The maximum atomic E-state index is 8.53. The van der Waals surface area contributed by atoms with E-state index in [2.05, 4.69) is 6.19 Å².